The van der Waals surface area contributed by atoms with Gasteiger partial charge in [-0.2, -0.15) is 0 Å². The fourth-order valence-electron chi connectivity index (χ4n) is 9.14. The molecular formula is C44H55N9O6. The molecule has 2 aliphatic carbocycles. The van der Waals surface area contributed by atoms with Crippen molar-refractivity contribution in [3.63, 3.8) is 0 Å². The van der Waals surface area contributed by atoms with Gasteiger partial charge in [0.05, 0.1) is 55.6 Å². The average molecular weight is 806 g/mol. The van der Waals surface area contributed by atoms with Crippen LogP contribution in [-0.2, 0) is 24.5 Å². The van der Waals surface area contributed by atoms with Gasteiger partial charge in [0, 0.05) is 35.1 Å². The number of amides is 4. The number of hydrogen-bond donors (Lipinski definition) is 4. The number of ether oxygens (including phenoxy) is 2. The highest BCUT2D eigenvalue weighted by Gasteiger charge is 2.43. The van der Waals surface area contributed by atoms with Gasteiger partial charge in [0.1, 0.15) is 23.7 Å². The summed E-state index contributed by atoms with van der Waals surface area (Å²) in [7, 11) is 2.62. The Kier molecular flexibility index (Phi) is 11.5. The normalized spacial score (nSPS) is 22.8. The minimum Gasteiger partial charge on any atom is -0.453 e. The minimum atomic E-state index is -0.630. The lowest BCUT2D eigenvalue weighted by atomic mass is 9.73. The maximum absolute atomic E-state index is 13.6. The maximum Gasteiger partial charge on any atom is 0.407 e. The fourth-order valence-corrected chi connectivity index (χ4v) is 9.14. The molecule has 2 aliphatic heterocycles. The summed E-state index contributed by atoms with van der Waals surface area (Å²) < 4.78 is 9.57. The topological polar surface area (TPSA) is 188 Å². The van der Waals surface area contributed by atoms with E-state index in [-0.39, 0.29) is 35.2 Å². The van der Waals surface area contributed by atoms with Crippen LogP contribution in [-0.4, -0.2) is 98.1 Å². The van der Waals surface area contributed by atoms with E-state index in [2.05, 4.69) is 63.9 Å². The summed E-state index contributed by atoms with van der Waals surface area (Å²) in [5.74, 6) is 1.49. The lowest BCUT2D eigenvalue weighted by molar-refractivity contribution is -0.135. The van der Waals surface area contributed by atoms with Crippen molar-refractivity contribution >= 4 is 40.5 Å². The zero-order chi connectivity index (χ0) is 41.3. The Bertz CT molecular complexity index is 2250. The molecule has 4 aliphatic rings. The van der Waals surface area contributed by atoms with E-state index >= 15 is 0 Å². The molecule has 5 heterocycles. The molecule has 0 radical (unpaired) electrons. The molecule has 0 spiro atoms. The standard InChI is InChI=1S/C44H55N9O6/c1-5-8-31(50-42(56)58-3)40(54)52-21-6-9-34(52)38-45-24-32(48-38)26-17-19-44(2,20-18-26)36-16-14-28-23-29(13-15-30(28)47-36)33-25-46-39(49-33)35-10-7-22-53(35)41(55)37(27-11-12-27)51-43(57)59-4/h13-17,23-25,27,31,34-35,37H,5-12,18-22H2,1-4H3,(H,45,48)(H,46,49)(H,50,56)(H,51,57)/t31-,34-,35-,37-,44?/m0/s1. The molecule has 15 heteroatoms. The molecule has 312 valence electrons. The summed E-state index contributed by atoms with van der Waals surface area (Å²) >= 11 is 0. The molecule has 5 atom stereocenters. The molecule has 59 heavy (non-hydrogen) atoms. The van der Waals surface area contributed by atoms with Crippen molar-refractivity contribution < 1.29 is 28.7 Å². The van der Waals surface area contributed by atoms with Crippen LogP contribution in [0.15, 0.2) is 48.8 Å². The van der Waals surface area contributed by atoms with Crippen molar-refractivity contribution in [1.29, 1.82) is 0 Å². The van der Waals surface area contributed by atoms with Gasteiger partial charge in [-0.3, -0.25) is 14.6 Å². The number of carbonyl (C=O) groups is 4. The van der Waals surface area contributed by atoms with E-state index in [4.69, 9.17) is 24.4 Å². The molecule has 15 nitrogen and oxygen atoms in total. The number of pyridine rings is 1. The largest absolute Gasteiger partial charge is 0.453 e. The third kappa shape index (κ3) is 8.28. The lowest BCUT2D eigenvalue weighted by Gasteiger charge is -2.32. The summed E-state index contributed by atoms with van der Waals surface area (Å²) in [5.41, 5.74) is 5.90. The Hall–Kier alpha value is -5.73. The molecule has 1 unspecified atom stereocenters. The van der Waals surface area contributed by atoms with E-state index < -0.39 is 24.3 Å². The van der Waals surface area contributed by atoms with Crippen LogP contribution in [0.25, 0.3) is 27.7 Å². The van der Waals surface area contributed by atoms with Gasteiger partial charge in [-0.1, -0.05) is 38.5 Å². The summed E-state index contributed by atoms with van der Waals surface area (Å²) in [6, 6.07) is 8.98. The number of alkyl carbamates (subject to hydrolysis) is 2. The number of likely N-dealkylation sites (tertiary alicyclic amines) is 2. The molecule has 4 amide bonds. The third-order valence-electron chi connectivity index (χ3n) is 12.8. The number of allylic oxidation sites excluding steroid dienone is 2. The van der Waals surface area contributed by atoms with Crippen LogP contribution in [0.2, 0.25) is 0 Å². The quantitative estimate of drug-likeness (QED) is 0.119. The third-order valence-corrected chi connectivity index (χ3v) is 12.8. The van der Waals surface area contributed by atoms with E-state index in [1.807, 2.05) is 29.1 Å². The Morgan fingerprint density at radius 1 is 0.864 bits per heavy atom. The Morgan fingerprint density at radius 3 is 2.17 bits per heavy atom. The number of fused-ring (bicyclic) bond motifs is 1. The molecule has 3 fully saturated rings. The average Bonchev–Trinajstić information content (AvgIpc) is 3.72. The molecule has 1 aromatic carbocycles. The highest BCUT2D eigenvalue weighted by molar-refractivity contribution is 5.88. The number of benzene rings is 1. The molecule has 2 saturated heterocycles. The number of rotatable bonds is 12. The molecule has 4 N–H and O–H groups in total. The zero-order valence-corrected chi connectivity index (χ0v) is 34.4. The number of hydrogen-bond acceptors (Lipinski definition) is 9. The van der Waals surface area contributed by atoms with Crippen LogP contribution in [0.3, 0.4) is 0 Å². The van der Waals surface area contributed by atoms with Gasteiger partial charge < -0.3 is 39.9 Å². The van der Waals surface area contributed by atoms with Gasteiger partial charge >= 0.3 is 12.2 Å². The number of nitrogens with zero attached hydrogens (tertiary/aromatic N) is 5. The van der Waals surface area contributed by atoms with E-state index in [1.54, 1.807) is 0 Å². The van der Waals surface area contributed by atoms with Gasteiger partial charge in [0.25, 0.3) is 0 Å². The van der Waals surface area contributed by atoms with Crippen LogP contribution in [0.5, 0.6) is 0 Å². The molecule has 3 aromatic heterocycles. The summed E-state index contributed by atoms with van der Waals surface area (Å²) in [6.07, 6.45) is 13.9. The smallest absolute Gasteiger partial charge is 0.407 e. The predicted octanol–water partition coefficient (Wildman–Crippen LogP) is 6.86. The fraction of sp³-hybridized carbons (Fsp3) is 0.523. The van der Waals surface area contributed by atoms with E-state index in [0.717, 1.165) is 109 Å². The van der Waals surface area contributed by atoms with Crippen molar-refractivity contribution in [3.05, 3.63) is 71.8 Å². The highest BCUT2D eigenvalue weighted by Crippen LogP contribution is 2.42. The summed E-state index contributed by atoms with van der Waals surface area (Å²) in [5, 5.41) is 6.52. The Labute approximate surface area is 344 Å². The molecule has 8 rings (SSSR count). The van der Waals surface area contributed by atoms with E-state index in [0.29, 0.717) is 19.5 Å². The van der Waals surface area contributed by atoms with Crippen molar-refractivity contribution in [1.82, 2.24) is 45.4 Å². The van der Waals surface area contributed by atoms with Gasteiger partial charge in [-0.05, 0) is 93.9 Å². The Balaban J connectivity index is 0.923. The first kappa shape index (κ1) is 40.1. The maximum atomic E-state index is 13.6. The number of H-pyrrole nitrogens is 2. The monoisotopic (exact) mass is 805 g/mol. The molecular weight excluding hydrogens is 751 g/mol. The number of nitrogens with one attached hydrogen (secondary N) is 4. The SMILES string of the molecule is CCC[C@H](NC(=O)OC)C(=O)N1CCC[C@H]1c1ncc(C2=CCC(C)(c3ccc4cc(-c5cnc([C@@H]6CCCN6C(=O)[C@@H](NC(=O)OC)C6CC6)[nH]5)ccc4n3)CC2)[nH]1. The van der Waals surface area contributed by atoms with Crippen molar-refractivity contribution in [2.24, 2.45) is 5.92 Å². The van der Waals surface area contributed by atoms with Gasteiger partial charge in [0.15, 0.2) is 0 Å². The number of carbonyl (C=O) groups excluding carboxylic acids is 4. The molecule has 4 aromatic rings. The number of aromatic amines is 2. The van der Waals surface area contributed by atoms with Gasteiger partial charge in [0.2, 0.25) is 11.8 Å². The van der Waals surface area contributed by atoms with Crippen LogP contribution in [0.1, 0.15) is 120 Å². The minimum absolute atomic E-state index is 0.0748. The number of aromatic nitrogens is 5. The molecule has 1 saturated carbocycles. The van der Waals surface area contributed by atoms with Gasteiger partial charge in [-0.25, -0.2) is 19.6 Å². The van der Waals surface area contributed by atoms with Crippen molar-refractivity contribution in [2.75, 3.05) is 27.3 Å². The van der Waals surface area contributed by atoms with Crippen molar-refractivity contribution in [3.8, 4) is 11.3 Å². The van der Waals surface area contributed by atoms with Crippen molar-refractivity contribution in [2.45, 2.75) is 114 Å². The number of imidazole rings is 2. The first-order chi connectivity index (χ1) is 28.6. The predicted molar refractivity (Wildman–Crippen MR) is 221 cm³/mol. The van der Waals surface area contributed by atoms with Gasteiger partial charge in [-0.15, -0.1) is 0 Å². The lowest BCUT2D eigenvalue weighted by Crippen LogP contribution is -2.49. The van der Waals surface area contributed by atoms with Crippen LogP contribution < -0.4 is 10.6 Å². The van der Waals surface area contributed by atoms with E-state index in [1.165, 1.54) is 19.8 Å². The summed E-state index contributed by atoms with van der Waals surface area (Å²) in [6.45, 7) is 5.51. The molecule has 0 bridgehead atoms. The van der Waals surface area contributed by atoms with Crippen LogP contribution in [0, 0.1) is 5.92 Å². The zero-order valence-electron chi connectivity index (χ0n) is 34.4. The van der Waals surface area contributed by atoms with Crippen LogP contribution in [0.4, 0.5) is 9.59 Å². The number of methoxy groups -OCH3 is 2. The Morgan fingerprint density at radius 2 is 1.53 bits per heavy atom. The van der Waals surface area contributed by atoms with E-state index in [9.17, 15) is 19.2 Å². The highest BCUT2D eigenvalue weighted by atomic mass is 16.5. The first-order valence-electron chi connectivity index (χ1n) is 21.1. The second kappa shape index (κ2) is 16.9. The second-order valence-electron chi connectivity index (χ2n) is 16.8. The van der Waals surface area contributed by atoms with Crippen LogP contribution >= 0.6 is 0 Å². The second-order valence-corrected chi connectivity index (χ2v) is 16.8. The summed E-state index contributed by atoms with van der Waals surface area (Å²) in [4.78, 5) is 76.6. The first-order valence-corrected chi connectivity index (χ1v) is 21.1.